The van der Waals surface area contributed by atoms with E-state index in [1.54, 1.807) is 11.3 Å². The normalized spacial score (nSPS) is 28.6. The van der Waals surface area contributed by atoms with Crippen LogP contribution in [0.15, 0.2) is 29.5 Å². The molecule has 116 valence electrons. The lowest BCUT2D eigenvalue weighted by atomic mass is 10.0. The quantitative estimate of drug-likeness (QED) is 0.793. The fourth-order valence-corrected chi connectivity index (χ4v) is 3.86. The molecule has 3 heterocycles. The van der Waals surface area contributed by atoms with Crippen LogP contribution in [-0.2, 0) is 16.0 Å². The van der Waals surface area contributed by atoms with Gasteiger partial charge in [0.15, 0.2) is 0 Å². The number of hydrogen-bond donors (Lipinski definition) is 0. The molecule has 21 heavy (non-hydrogen) atoms. The molecule has 0 unspecified atom stereocenters. The highest BCUT2D eigenvalue weighted by molar-refractivity contribution is 7.07. The lowest BCUT2D eigenvalue weighted by Gasteiger charge is -2.43. The van der Waals surface area contributed by atoms with Crippen molar-refractivity contribution in [3.63, 3.8) is 0 Å². The first kappa shape index (κ1) is 15.2. The van der Waals surface area contributed by atoms with E-state index in [1.165, 1.54) is 5.56 Å². The van der Waals surface area contributed by atoms with E-state index in [9.17, 15) is 0 Å². The number of ether oxygens (including phenoxy) is 2. The summed E-state index contributed by atoms with van der Waals surface area (Å²) in [5.41, 5.74) is 1.21. The number of morpholine rings is 1. The van der Waals surface area contributed by atoms with Gasteiger partial charge in [-0.25, -0.2) is 0 Å². The van der Waals surface area contributed by atoms with Crippen LogP contribution in [-0.4, -0.2) is 67.9 Å². The molecule has 2 fully saturated rings. The summed E-state index contributed by atoms with van der Waals surface area (Å²) >= 11 is 1.76. The van der Waals surface area contributed by atoms with E-state index in [1.807, 2.05) is 6.08 Å². The molecular weight excluding hydrogens is 284 g/mol. The van der Waals surface area contributed by atoms with Gasteiger partial charge in [0.1, 0.15) is 5.60 Å². The van der Waals surface area contributed by atoms with E-state index in [4.69, 9.17) is 9.47 Å². The third-order valence-corrected chi connectivity index (χ3v) is 4.86. The number of rotatable bonds is 4. The summed E-state index contributed by atoms with van der Waals surface area (Å²) in [4.78, 5) is 4.88. The Hall–Kier alpha value is -0.720. The lowest BCUT2D eigenvalue weighted by molar-refractivity contribution is -0.142. The zero-order chi connectivity index (χ0) is 14.5. The molecule has 4 nitrogen and oxygen atoms in total. The Morgan fingerprint density at radius 1 is 1.29 bits per heavy atom. The minimum absolute atomic E-state index is 0.187. The summed E-state index contributed by atoms with van der Waals surface area (Å²) in [5, 5.41) is 4.38. The molecule has 0 N–H and O–H groups in total. The fraction of sp³-hybridized carbons (Fsp3) is 0.625. The van der Waals surface area contributed by atoms with Crippen LogP contribution in [0.25, 0.3) is 0 Å². The number of nitrogens with zero attached hydrogens (tertiary/aromatic N) is 2. The van der Waals surface area contributed by atoms with Crippen LogP contribution >= 0.6 is 11.3 Å². The van der Waals surface area contributed by atoms with Gasteiger partial charge in [0.25, 0.3) is 0 Å². The highest BCUT2D eigenvalue weighted by atomic mass is 32.1. The Labute approximate surface area is 130 Å². The van der Waals surface area contributed by atoms with Crippen molar-refractivity contribution < 1.29 is 9.47 Å². The molecule has 5 heteroatoms. The molecule has 0 aromatic carbocycles. The van der Waals surface area contributed by atoms with Crippen LogP contribution in [0.5, 0.6) is 0 Å². The third-order valence-electron chi connectivity index (χ3n) is 4.13. The third kappa shape index (κ3) is 3.93. The van der Waals surface area contributed by atoms with Crippen LogP contribution in [0.1, 0.15) is 5.56 Å². The zero-order valence-electron chi connectivity index (χ0n) is 12.5. The standard InChI is InChI=1S/C16H24N2O2S/c1-2-4-17-5-7-19-14-16(12-17)13-18(6-8-20-16)10-15-3-9-21-11-15/h2-3,9,11H,1,4-8,10,12-14H2/t16-/m0/s1. The van der Waals surface area contributed by atoms with Gasteiger partial charge in [-0.05, 0) is 22.4 Å². The highest BCUT2D eigenvalue weighted by Crippen LogP contribution is 2.24. The Kier molecular flexibility index (Phi) is 5.08. The topological polar surface area (TPSA) is 24.9 Å². The first-order valence-electron chi connectivity index (χ1n) is 7.58. The van der Waals surface area contributed by atoms with Gasteiger partial charge in [-0.2, -0.15) is 11.3 Å². The van der Waals surface area contributed by atoms with Crippen LogP contribution in [0, 0.1) is 0 Å². The molecule has 1 atom stereocenters. The van der Waals surface area contributed by atoms with Crippen molar-refractivity contribution in [2.24, 2.45) is 0 Å². The van der Waals surface area contributed by atoms with Gasteiger partial charge in [-0.15, -0.1) is 6.58 Å². The van der Waals surface area contributed by atoms with E-state index in [0.717, 1.165) is 52.5 Å². The van der Waals surface area contributed by atoms with Crippen molar-refractivity contribution in [2.45, 2.75) is 12.1 Å². The van der Waals surface area contributed by atoms with E-state index >= 15 is 0 Å². The zero-order valence-corrected chi connectivity index (χ0v) is 13.3. The Morgan fingerprint density at radius 2 is 2.14 bits per heavy atom. The van der Waals surface area contributed by atoms with Crippen molar-refractivity contribution in [3.8, 4) is 0 Å². The van der Waals surface area contributed by atoms with Crippen LogP contribution < -0.4 is 0 Å². The Balaban J connectivity index is 1.66. The van der Waals surface area contributed by atoms with Crippen LogP contribution in [0.3, 0.4) is 0 Å². The van der Waals surface area contributed by atoms with Gasteiger partial charge in [0.2, 0.25) is 0 Å². The molecule has 2 aliphatic rings. The molecule has 0 saturated carbocycles. The highest BCUT2D eigenvalue weighted by Gasteiger charge is 2.39. The summed E-state index contributed by atoms with van der Waals surface area (Å²) < 4.78 is 12.0. The summed E-state index contributed by atoms with van der Waals surface area (Å²) in [6.07, 6.45) is 1.96. The monoisotopic (exact) mass is 308 g/mol. The summed E-state index contributed by atoms with van der Waals surface area (Å²) in [7, 11) is 0. The van der Waals surface area contributed by atoms with Gasteiger partial charge in [-0.3, -0.25) is 9.80 Å². The molecule has 0 amide bonds. The van der Waals surface area contributed by atoms with Gasteiger partial charge in [0.05, 0.1) is 19.8 Å². The number of hydrogen-bond acceptors (Lipinski definition) is 5. The molecule has 2 saturated heterocycles. The molecule has 1 spiro atoms. The molecule has 1 aromatic heterocycles. The van der Waals surface area contributed by atoms with E-state index in [-0.39, 0.29) is 5.60 Å². The first-order valence-corrected chi connectivity index (χ1v) is 8.52. The average molecular weight is 308 g/mol. The predicted molar refractivity (Wildman–Crippen MR) is 85.7 cm³/mol. The van der Waals surface area contributed by atoms with E-state index in [0.29, 0.717) is 6.61 Å². The average Bonchev–Trinajstić information content (AvgIpc) is 2.90. The van der Waals surface area contributed by atoms with Gasteiger partial charge < -0.3 is 9.47 Å². The van der Waals surface area contributed by atoms with Gasteiger partial charge in [-0.1, -0.05) is 6.08 Å². The van der Waals surface area contributed by atoms with Crippen molar-refractivity contribution in [3.05, 3.63) is 35.0 Å². The summed E-state index contributed by atoms with van der Waals surface area (Å²) in [5.74, 6) is 0. The Bertz CT molecular complexity index is 451. The summed E-state index contributed by atoms with van der Waals surface area (Å²) in [6, 6.07) is 2.21. The maximum Gasteiger partial charge on any atom is 0.117 e. The SMILES string of the molecule is C=CCN1CCOC[C@]2(C1)CN(Cc1ccsc1)CCO2. The summed E-state index contributed by atoms with van der Waals surface area (Å²) in [6.45, 7) is 11.9. The second kappa shape index (κ2) is 7.03. The lowest BCUT2D eigenvalue weighted by Crippen LogP contribution is -2.58. The molecule has 2 aliphatic heterocycles. The predicted octanol–water partition coefficient (Wildman–Crippen LogP) is 1.84. The van der Waals surface area contributed by atoms with Crippen molar-refractivity contribution in [1.82, 2.24) is 9.80 Å². The van der Waals surface area contributed by atoms with Crippen molar-refractivity contribution in [1.29, 1.82) is 0 Å². The smallest absolute Gasteiger partial charge is 0.117 e. The minimum Gasteiger partial charge on any atom is -0.377 e. The largest absolute Gasteiger partial charge is 0.377 e. The molecule has 0 radical (unpaired) electrons. The first-order chi connectivity index (χ1) is 10.3. The van der Waals surface area contributed by atoms with E-state index < -0.39 is 0 Å². The minimum atomic E-state index is -0.187. The van der Waals surface area contributed by atoms with Crippen molar-refractivity contribution in [2.75, 3.05) is 52.5 Å². The molecular formula is C16H24N2O2S. The van der Waals surface area contributed by atoms with Gasteiger partial charge in [0, 0.05) is 39.3 Å². The molecule has 0 aliphatic carbocycles. The molecule has 0 bridgehead atoms. The maximum atomic E-state index is 6.17. The second-order valence-electron chi connectivity index (χ2n) is 5.95. The molecule has 3 rings (SSSR count). The number of thiophene rings is 1. The Morgan fingerprint density at radius 3 is 2.95 bits per heavy atom. The van der Waals surface area contributed by atoms with Crippen LogP contribution in [0.4, 0.5) is 0 Å². The maximum absolute atomic E-state index is 6.17. The van der Waals surface area contributed by atoms with Gasteiger partial charge >= 0.3 is 0 Å². The van der Waals surface area contributed by atoms with Crippen molar-refractivity contribution >= 4 is 11.3 Å². The van der Waals surface area contributed by atoms with E-state index in [2.05, 4.69) is 33.2 Å². The fourth-order valence-electron chi connectivity index (χ4n) is 3.20. The second-order valence-corrected chi connectivity index (χ2v) is 6.73. The molecule has 1 aromatic rings. The van der Waals surface area contributed by atoms with Crippen LogP contribution in [0.2, 0.25) is 0 Å².